The second-order valence-corrected chi connectivity index (χ2v) is 13.6. The monoisotopic (exact) mass is 810 g/mol. The van der Waals surface area contributed by atoms with E-state index in [1.54, 1.807) is 48.5 Å². The van der Waals surface area contributed by atoms with Crippen LogP contribution in [0.4, 0.5) is 43.9 Å². The standard InChI is InChI=1S/C37H19BF10OTe/c39-26-22(27(40)31(44)34(47)30(26)43)24-36(20-14-6-2-7-15-20)50-37(21-16-8-3-9-17-21)25(23-28(41)32(45)35(48)33(46)29(23)42)38(24)49-18-10-13-19-11-4-1-5-12-19/h1-17H,18H2/b13-10+. The third-order valence-corrected chi connectivity index (χ3v) is 11.5. The van der Waals surface area contributed by atoms with Gasteiger partial charge in [-0.1, -0.05) is 0 Å². The third kappa shape index (κ3) is 6.41. The van der Waals surface area contributed by atoms with E-state index >= 15 is 17.6 Å². The normalized spacial score (nSPS) is 13.6. The Hall–Kier alpha value is -4.57. The van der Waals surface area contributed by atoms with E-state index in [1.807, 2.05) is 0 Å². The van der Waals surface area contributed by atoms with E-state index < -0.39 is 115 Å². The van der Waals surface area contributed by atoms with Crippen LogP contribution in [0.5, 0.6) is 0 Å². The van der Waals surface area contributed by atoms with Crippen molar-refractivity contribution in [3.8, 4) is 0 Å². The molecule has 0 spiro atoms. The summed E-state index contributed by atoms with van der Waals surface area (Å²) in [5.41, 5.74) is -3.20. The molecule has 50 heavy (non-hydrogen) atoms. The summed E-state index contributed by atoms with van der Waals surface area (Å²) < 4.78 is 157. The van der Waals surface area contributed by atoms with E-state index in [0.717, 1.165) is 0 Å². The molecule has 1 nitrogen and oxygen atoms in total. The minimum absolute atomic E-state index is 0.0303. The molecule has 0 bridgehead atoms. The van der Waals surface area contributed by atoms with Crippen molar-refractivity contribution in [3.05, 3.63) is 183 Å². The van der Waals surface area contributed by atoms with Gasteiger partial charge in [-0.25, -0.2) is 0 Å². The number of rotatable bonds is 8. The molecule has 0 saturated carbocycles. The fraction of sp³-hybridized carbons (Fsp3) is 0.0270. The molecule has 5 aromatic carbocycles. The molecule has 252 valence electrons. The molecule has 0 saturated heterocycles. The van der Waals surface area contributed by atoms with Gasteiger partial charge in [0.1, 0.15) is 0 Å². The Kier molecular flexibility index (Phi) is 10.4. The molecule has 5 aromatic rings. The van der Waals surface area contributed by atoms with Gasteiger partial charge in [0.2, 0.25) is 0 Å². The molecule has 1 aliphatic heterocycles. The van der Waals surface area contributed by atoms with Gasteiger partial charge >= 0.3 is 290 Å². The molecule has 0 aromatic heterocycles. The van der Waals surface area contributed by atoms with Crippen LogP contribution in [0, 0.1) is 58.2 Å². The minimum atomic E-state index is -2.46. The Bertz CT molecular complexity index is 2000. The van der Waals surface area contributed by atoms with Gasteiger partial charge in [-0.05, 0) is 0 Å². The first-order valence-electron chi connectivity index (χ1n) is 14.7. The first-order chi connectivity index (χ1) is 24.0. The van der Waals surface area contributed by atoms with Crippen molar-refractivity contribution < 1.29 is 48.6 Å². The summed E-state index contributed by atoms with van der Waals surface area (Å²) in [7, 11) is 0. The van der Waals surface area contributed by atoms with E-state index in [0.29, 0.717) is 5.56 Å². The van der Waals surface area contributed by atoms with Crippen LogP contribution in [-0.2, 0) is 4.65 Å². The first-order valence-corrected chi connectivity index (χ1v) is 17.0. The van der Waals surface area contributed by atoms with E-state index in [9.17, 15) is 26.3 Å². The van der Waals surface area contributed by atoms with E-state index in [4.69, 9.17) is 4.65 Å². The summed E-state index contributed by atoms with van der Waals surface area (Å²) in [5, 5.41) is 0. The maximum absolute atomic E-state index is 15.8. The molecule has 0 amide bonds. The Morgan fingerprint density at radius 2 is 0.800 bits per heavy atom. The topological polar surface area (TPSA) is 9.23 Å². The summed E-state index contributed by atoms with van der Waals surface area (Å²) in [6, 6.07) is 23.9. The van der Waals surface area contributed by atoms with Gasteiger partial charge in [0.25, 0.3) is 0 Å². The van der Waals surface area contributed by atoms with Gasteiger partial charge in [0, 0.05) is 0 Å². The molecular formula is C37H19BF10OTe. The van der Waals surface area contributed by atoms with Crippen molar-refractivity contribution >= 4 is 52.1 Å². The van der Waals surface area contributed by atoms with Crippen molar-refractivity contribution in [2.24, 2.45) is 0 Å². The molecule has 0 unspecified atom stereocenters. The van der Waals surface area contributed by atoms with Crippen molar-refractivity contribution in [2.45, 2.75) is 0 Å². The quantitative estimate of drug-likeness (QED) is 0.0657. The van der Waals surface area contributed by atoms with Crippen LogP contribution in [0.15, 0.2) is 97.1 Å². The van der Waals surface area contributed by atoms with Crippen LogP contribution in [0.1, 0.15) is 27.8 Å². The Labute approximate surface area is 289 Å². The van der Waals surface area contributed by atoms with Crippen LogP contribution in [0.2, 0.25) is 0 Å². The molecule has 0 atom stereocenters. The van der Waals surface area contributed by atoms with Gasteiger partial charge in [0.15, 0.2) is 0 Å². The number of hydrogen-bond donors (Lipinski definition) is 0. The molecule has 6 rings (SSSR count). The second-order valence-electron chi connectivity index (χ2n) is 10.7. The van der Waals surface area contributed by atoms with Gasteiger partial charge < -0.3 is 0 Å². The van der Waals surface area contributed by atoms with Crippen molar-refractivity contribution in [3.63, 3.8) is 0 Å². The summed E-state index contributed by atoms with van der Waals surface area (Å²) in [6.07, 6.45) is 2.95. The first kappa shape index (κ1) is 35.3. The molecule has 0 aliphatic carbocycles. The molecule has 0 fully saturated rings. The predicted octanol–water partition coefficient (Wildman–Crippen LogP) is 10.0. The fourth-order valence-electron chi connectivity index (χ4n) is 5.44. The van der Waals surface area contributed by atoms with E-state index in [1.165, 1.54) is 54.6 Å². The third-order valence-electron chi connectivity index (χ3n) is 7.72. The zero-order chi connectivity index (χ0) is 35.7. The Balaban J connectivity index is 1.73. The Morgan fingerprint density at radius 1 is 0.460 bits per heavy atom. The van der Waals surface area contributed by atoms with Crippen LogP contribution in [0.3, 0.4) is 0 Å². The zero-order valence-corrected chi connectivity index (χ0v) is 27.5. The fourth-order valence-corrected chi connectivity index (χ4v) is 9.29. The summed E-state index contributed by atoms with van der Waals surface area (Å²) >= 11 is -2.24. The van der Waals surface area contributed by atoms with Crippen LogP contribution >= 0.6 is 0 Å². The molecule has 0 radical (unpaired) electrons. The van der Waals surface area contributed by atoms with E-state index in [2.05, 4.69) is 0 Å². The average Bonchev–Trinajstić information content (AvgIpc) is 3.15. The van der Waals surface area contributed by atoms with Crippen molar-refractivity contribution in [2.75, 3.05) is 6.61 Å². The molecule has 1 heterocycles. The SMILES string of the molecule is Fc1c(F)c(F)c(C2=C(c3ccccc3)[Te]C(c3ccccc3)=C(c3c(F)c(F)c(F)c(F)c3F)B2OC/C=C/c2ccccc2)c(F)c1F. The van der Waals surface area contributed by atoms with Crippen LogP contribution in [-0.4, -0.2) is 34.4 Å². The zero-order valence-electron chi connectivity index (χ0n) is 25.2. The van der Waals surface area contributed by atoms with Gasteiger partial charge in [-0.15, -0.1) is 0 Å². The van der Waals surface area contributed by atoms with Gasteiger partial charge in [0.05, 0.1) is 0 Å². The summed E-state index contributed by atoms with van der Waals surface area (Å²) in [5.74, 6) is -23.2. The molecule has 1 aliphatic rings. The summed E-state index contributed by atoms with van der Waals surface area (Å²) in [6.45, 7) is -2.65. The van der Waals surface area contributed by atoms with Crippen LogP contribution < -0.4 is 0 Å². The molecular weight excluding hydrogens is 789 g/mol. The molecule has 0 N–H and O–H groups in total. The predicted molar refractivity (Wildman–Crippen MR) is 172 cm³/mol. The summed E-state index contributed by atoms with van der Waals surface area (Å²) in [4.78, 5) is 0. The second kappa shape index (κ2) is 14.7. The van der Waals surface area contributed by atoms with Crippen molar-refractivity contribution in [1.29, 1.82) is 0 Å². The maximum atomic E-state index is 15.8. The van der Waals surface area contributed by atoms with Crippen molar-refractivity contribution in [1.82, 2.24) is 0 Å². The molecule has 13 heteroatoms. The van der Waals surface area contributed by atoms with Gasteiger partial charge in [-0.3, -0.25) is 0 Å². The number of halogens is 10. The van der Waals surface area contributed by atoms with Crippen LogP contribution in [0.25, 0.3) is 24.3 Å². The average molecular weight is 808 g/mol. The Morgan fingerprint density at radius 3 is 1.18 bits per heavy atom. The number of benzene rings is 5. The van der Waals surface area contributed by atoms with Gasteiger partial charge in [-0.2, -0.15) is 0 Å². The number of hydrogen-bond acceptors (Lipinski definition) is 1. The van der Waals surface area contributed by atoms with E-state index in [-0.39, 0.29) is 18.4 Å².